The Balaban J connectivity index is 2.08. The summed E-state index contributed by atoms with van der Waals surface area (Å²) in [5, 5.41) is 14.7. The molecular weight excluding hydrogens is 268 g/mol. The molecule has 1 aliphatic rings. The molecular formula is C11H8N4O3S. The fourth-order valence-corrected chi connectivity index (χ4v) is 2.67. The highest BCUT2D eigenvalue weighted by Crippen LogP contribution is 2.46. The number of ether oxygens (including phenoxy) is 1. The van der Waals surface area contributed by atoms with Crippen molar-refractivity contribution in [3.8, 4) is 5.88 Å². The van der Waals surface area contributed by atoms with Gasteiger partial charge in [-0.3, -0.25) is 15.1 Å². The number of hydrogen-bond acceptors (Lipinski definition) is 7. The summed E-state index contributed by atoms with van der Waals surface area (Å²) in [4.78, 5) is 19.3. The lowest BCUT2D eigenvalue weighted by atomic mass is 10.3. The number of hydrogen-bond donors (Lipinski definition) is 1. The van der Waals surface area contributed by atoms with Gasteiger partial charge in [0.05, 0.1) is 22.6 Å². The second kappa shape index (κ2) is 4.39. The third-order valence-corrected chi connectivity index (χ3v) is 3.63. The SMILES string of the molecule is COc1ccc2c(n1)Sc1cncc([N+](=O)[O-])c1N2. The minimum absolute atomic E-state index is 0.0496. The van der Waals surface area contributed by atoms with E-state index < -0.39 is 4.92 Å². The van der Waals surface area contributed by atoms with Gasteiger partial charge in [0.2, 0.25) is 5.88 Å². The van der Waals surface area contributed by atoms with Gasteiger partial charge in [-0.05, 0) is 6.07 Å². The quantitative estimate of drug-likeness (QED) is 0.568. The van der Waals surface area contributed by atoms with Crippen molar-refractivity contribution in [3.05, 3.63) is 34.6 Å². The molecule has 0 atom stereocenters. The van der Waals surface area contributed by atoms with E-state index in [2.05, 4.69) is 15.3 Å². The van der Waals surface area contributed by atoms with Crippen molar-refractivity contribution in [1.29, 1.82) is 0 Å². The molecule has 0 saturated heterocycles. The zero-order chi connectivity index (χ0) is 13.4. The fourth-order valence-electron chi connectivity index (χ4n) is 1.72. The average molecular weight is 276 g/mol. The molecule has 0 aliphatic carbocycles. The van der Waals surface area contributed by atoms with Gasteiger partial charge < -0.3 is 10.1 Å². The average Bonchev–Trinajstić information content (AvgIpc) is 2.43. The molecule has 96 valence electrons. The number of fused-ring (bicyclic) bond motifs is 2. The number of aromatic nitrogens is 2. The first kappa shape index (κ1) is 11.7. The van der Waals surface area contributed by atoms with E-state index >= 15 is 0 Å². The van der Waals surface area contributed by atoms with Crippen LogP contribution < -0.4 is 10.1 Å². The van der Waals surface area contributed by atoms with Crippen LogP contribution in [0.2, 0.25) is 0 Å². The number of anilines is 2. The summed E-state index contributed by atoms with van der Waals surface area (Å²) in [5.74, 6) is 0.495. The van der Waals surface area contributed by atoms with Crippen LogP contribution in [0, 0.1) is 10.1 Å². The lowest BCUT2D eigenvalue weighted by Crippen LogP contribution is -2.05. The second-order valence-corrected chi connectivity index (χ2v) is 4.75. The molecule has 1 aliphatic heterocycles. The monoisotopic (exact) mass is 276 g/mol. The first-order valence-corrected chi connectivity index (χ1v) is 6.13. The summed E-state index contributed by atoms with van der Waals surface area (Å²) in [6, 6.07) is 3.48. The smallest absolute Gasteiger partial charge is 0.311 e. The molecule has 3 heterocycles. The molecule has 2 aromatic heterocycles. The maximum absolute atomic E-state index is 11.0. The van der Waals surface area contributed by atoms with E-state index in [1.165, 1.54) is 25.1 Å². The predicted octanol–water partition coefficient (Wildman–Crippen LogP) is 2.60. The highest BCUT2D eigenvalue weighted by molar-refractivity contribution is 7.99. The van der Waals surface area contributed by atoms with Crippen LogP contribution in [0.25, 0.3) is 0 Å². The van der Waals surface area contributed by atoms with Gasteiger partial charge in [-0.15, -0.1) is 0 Å². The molecule has 0 fully saturated rings. The summed E-state index contributed by atoms with van der Waals surface area (Å²) in [6.45, 7) is 0. The molecule has 0 amide bonds. The van der Waals surface area contributed by atoms with Crippen LogP contribution in [0.15, 0.2) is 34.4 Å². The molecule has 0 aromatic carbocycles. The summed E-state index contributed by atoms with van der Waals surface area (Å²) in [7, 11) is 1.54. The van der Waals surface area contributed by atoms with Gasteiger partial charge in [-0.25, -0.2) is 4.98 Å². The number of rotatable bonds is 2. The van der Waals surface area contributed by atoms with E-state index in [0.717, 1.165) is 0 Å². The number of nitrogens with zero attached hydrogens (tertiary/aromatic N) is 3. The van der Waals surface area contributed by atoms with Gasteiger partial charge >= 0.3 is 5.69 Å². The summed E-state index contributed by atoms with van der Waals surface area (Å²) < 4.78 is 5.05. The Morgan fingerprint density at radius 3 is 3.00 bits per heavy atom. The number of pyridine rings is 2. The van der Waals surface area contributed by atoms with Crippen molar-refractivity contribution in [2.24, 2.45) is 0 Å². The van der Waals surface area contributed by atoms with Crippen molar-refractivity contribution in [3.63, 3.8) is 0 Å². The standard InChI is InChI=1S/C11H8N4O3S/c1-18-9-3-2-6-11(14-9)19-8-5-12-4-7(15(16)17)10(8)13-6/h2-5,13H,1H3. The van der Waals surface area contributed by atoms with E-state index in [4.69, 9.17) is 4.74 Å². The first-order chi connectivity index (χ1) is 9.19. The molecule has 19 heavy (non-hydrogen) atoms. The van der Waals surface area contributed by atoms with Crippen molar-refractivity contribution in [2.45, 2.75) is 9.92 Å². The molecule has 0 radical (unpaired) electrons. The van der Waals surface area contributed by atoms with Gasteiger partial charge in [0, 0.05) is 12.3 Å². The summed E-state index contributed by atoms with van der Waals surface area (Å²) >= 11 is 1.32. The van der Waals surface area contributed by atoms with Crippen molar-refractivity contribution >= 4 is 28.8 Å². The zero-order valence-corrected chi connectivity index (χ0v) is 10.6. The van der Waals surface area contributed by atoms with Crippen LogP contribution in [-0.2, 0) is 0 Å². The highest BCUT2D eigenvalue weighted by Gasteiger charge is 2.25. The van der Waals surface area contributed by atoms with E-state index in [1.807, 2.05) is 0 Å². The van der Waals surface area contributed by atoms with Crippen molar-refractivity contribution < 1.29 is 9.66 Å². The van der Waals surface area contributed by atoms with E-state index in [9.17, 15) is 10.1 Å². The highest BCUT2D eigenvalue weighted by atomic mass is 32.2. The lowest BCUT2D eigenvalue weighted by Gasteiger charge is -2.19. The van der Waals surface area contributed by atoms with Crippen LogP contribution in [0.4, 0.5) is 17.1 Å². The molecule has 7 nitrogen and oxygen atoms in total. The zero-order valence-electron chi connectivity index (χ0n) is 9.78. The number of nitro groups is 1. The fraction of sp³-hybridized carbons (Fsp3) is 0.0909. The molecule has 0 bridgehead atoms. The van der Waals surface area contributed by atoms with Gasteiger partial charge in [0.1, 0.15) is 16.9 Å². The van der Waals surface area contributed by atoms with Gasteiger partial charge in [0.25, 0.3) is 0 Å². The molecule has 3 rings (SSSR count). The van der Waals surface area contributed by atoms with Gasteiger partial charge in [0.15, 0.2) is 0 Å². The molecule has 1 N–H and O–H groups in total. The minimum atomic E-state index is -0.457. The van der Waals surface area contributed by atoms with Crippen LogP contribution in [0.5, 0.6) is 5.88 Å². The van der Waals surface area contributed by atoms with Crippen LogP contribution >= 0.6 is 11.8 Å². The summed E-state index contributed by atoms with van der Waals surface area (Å²) in [5.41, 5.74) is 1.11. The largest absolute Gasteiger partial charge is 0.481 e. The third-order valence-electron chi connectivity index (χ3n) is 2.60. The summed E-state index contributed by atoms with van der Waals surface area (Å²) in [6.07, 6.45) is 2.80. The first-order valence-electron chi connectivity index (χ1n) is 5.31. The topological polar surface area (TPSA) is 90.2 Å². The van der Waals surface area contributed by atoms with Crippen LogP contribution in [0.3, 0.4) is 0 Å². The molecule has 0 unspecified atom stereocenters. The lowest BCUT2D eigenvalue weighted by molar-refractivity contribution is -0.384. The Kier molecular flexibility index (Phi) is 2.71. The number of methoxy groups -OCH3 is 1. The van der Waals surface area contributed by atoms with Gasteiger partial charge in [-0.1, -0.05) is 11.8 Å². The molecule has 0 spiro atoms. The minimum Gasteiger partial charge on any atom is -0.481 e. The molecule has 8 heteroatoms. The maximum Gasteiger partial charge on any atom is 0.311 e. The Labute approximate surface area is 112 Å². The predicted molar refractivity (Wildman–Crippen MR) is 69.1 cm³/mol. The second-order valence-electron chi connectivity index (χ2n) is 3.72. The van der Waals surface area contributed by atoms with E-state index in [1.54, 1.807) is 18.3 Å². The van der Waals surface area contributed by atoms with Crippen molar-refractivity contribution in [2.75, 3.05) is 12.4 Å². The van der Waals surface area contributed by atoms with E-state index in [-0.39, 0.29) is 5.69 Å². The maximum atomic E-state index is 11.0. The Hall–Kier alpha value is -2.35. The Morgan fingerprint density at radius 1 is 1.42 bits per heavy atom. The Bertz CT molecular complexity index is 677. The number of nitrogens with one attached hydrogen (secondary N) is 1. The van der Waals surface area contributed by atoms with Gasteiger partial charge in [-0.2, -0.15) is 0 Å². The molecule has 2 aromatic rings. The molecule has 0 saturated carbocycles. The van der Waals surface area contributed by atoms with E-state index in [0.29, 0.717) is 27.2 Å². The van der Waals surface area contributed by atoms with Crippen LogP contribution in [-0.4, -0.2) is 22.0 Å². The van der Waals surface area contributed by atoms with Crippen molar-refractivity contribution in [1.82, 2.24) is 9.97 Å². The Morgan fingerprint density at radius 2 is 2.26 bits per heavy atom. The van der Waals surface area contributed by atoms with Crippen LogP contribution in [0.1, 0.15) is 0 Å². The normalized spacial score (nSPS) is 12.1. The third kappa shape index (κ3) is 1.95.